The molecule has 0 saturated carbocycles. The molecule has 0 amide bonds. The Labute approximate surface area is 280 Å². The average molecular weight is 641 g/mol. The molecule has 5 rings (SSSR count). The molecular formula is C39H52N4O4. The lowest BCUT2D eigenvalue weighted by atomic mass is 9.76. The number of hydrazine groups is 1. The van der Waals surface area contributed by atoms with Gasteiger partial charge in [-0.3, -0.25) is 15.2 Å². The number of pyridine rings is 1. The predicted molar refractivity (Wildman–Crippen MR) is 187 cm³/mol. The smallest absolute Gasteiger partial charge is 0.293 e. The molecule has 0 aliphatic carbocycles. The van der Waals surface area contributed by atoms with E-state index in [-0.39, 0.29) is 29.0 Å². The number of phenols is 1. The zero-order valence-corrected chi connectivity index (χ0v) is 28.7. The number of fused-ring (bicyclic) bond motifs is 1. The number of rotatable bonds is 15. The van der Waals surface area contributed by atoms with Crippen LogP contribution in [0.5, 0.6) is 5.75 Å². The number of likely N-dealkylation sites (N-methyl/N-ethyl adjacent to an activating group) is 1. The highest BCUT2D eigenvalue weighted by Gasteiger charge is 2.43. The molecule has 2 aromatic carbocycles. The number of nitrogens with zero attached hydrogens (tertiary/aromatic N) is 3. The number of benzene rings is 2. The zero-order valence-electron chi connectivity index (χ0n) is 28.7. The van der Waals surface area contributed by atoms with Crippen molar-refractivity contribution < 1.29 is 19.4 Å². The lowest BCUT2D eigenvalue weighted by Crippen LogP contribution is -2.46. The maximum atomic E-state index is 12.1. The summed E-state index contributed by atoms with van der Waals surface area (Å²) in [6.07, 6.45) is 7.60. The Bertz CT molecular complexity index is 1520. The number of nitrogens with one attached hydrogen (secondary N) is 1. The van der Waals surface area contributed by atoms with Crippen LogP contribution in [0.3, 0.4) is 0 Å². The van der Waals surface area contributed by atoms with Gasteiger partial charge in [-0.05, 0) is 109 Å². The summed E-state index contributed by atoms with van der Waals surface area (Å²) in [6.45, 7) is 15.2. The van der Waals surface area contributed by atoms with Crippen molar-refractivity contribution in [1.29, 1.82) is 0 Å². The van der Waals surface area contributed by atoms with Gasteiger partial charge in [-0.1, -0.05) is 45.9 Å². The molecule has 47 heavy (non-hydrogen) atoms. The van der Waals surface area contributed by atoms with Crippen LogP contribution in [-0.4, -0.2) is 60.6 Å². The number of hydrogen-bond acceptors (Lipinski definition) is 8. The minimum Gasteiger partial charge on any atom is -0.508 e. The highest BCUT2D eigenvalue weighted by atomic mass is 16.5. The molecule has 2 aliphatic heterocycles. The maximum absolute atomic E-state index is 12.1. The van der Waals surface area contributed by atoms with E-state index in [9.17, 15) is 14.7 Å². The fourth-order valence-electron chi connectivity index (χ4n) is 7.60. The first-order chi connectivity index (χ1) is 22.7. The van der Waals surface area contributed by atoms with E-state index in [2.05, 4.69) is 80.3 Å². The van der Waals surface area contributed by atoms with Crippen LogP contribution in [0.25, 0.3) is 11.1 Å². The number of aldehydes is 1. The lowest BCUT2D eigenvalue weighted by Gasteiger charge is -2.35. The van der Waals surface area contributed by atoms with Crippen LogP contribution >= 0.6 is 0 Å². The first-order valence-corrected chi connectivity index (χ1v) is 17.4. The van der Waals surface area contributed by atoms with Crippen molar-refractivity contribution >= 4 is 18.4 Å². The molecule has 252 valence electrons. The van der Waals surface area contributed by atoms with E-state index < -0.39 is 0 Å². The molecule has 0 spiro atoms. The van der Waals surface area contributed by atoms with E-state index in [4.69, 9.17) is 9.72 Å². The second kappa shape index (κ2) is 15.4. The Balaban J connectivity index is 1.53. The van der Waals surface area contributed by atoms with Gasteiger partial charge in [0.2, 0.25) is 0 Å². The van der Waals surface area contributed by atoms with Gasteiger partial charge in [0.05, 0.1) is 12.6 Å². The van der Waals surface area contributed by atoms with Gasteiger partial charge in [0, 0.05) is 55.6 Å². The number of anilines is 1. The van der Waals surface area contributed by atoms with E-state index >= 15 is 0 Å². The normalized spacial score (nSPS) is 19.6. The van der Waals surface area contributed by atoms with Gasteiger partial charge in [-0.15, -0.1) is 0 Å². The summed E-state index contributed by atoms with van der Waals surface area (Å²) in [6, 6.07) is 16.7. The predicted octanol–water partition coefficient (Wildman–Crippen LogP) is 7.18. The molecule has 0 radical (unpaired) electrons. The van der Waals surface area contributed by atoms with Crippen molar-refractivity contribution in [2.75, 3.05) is 37.7 Å². The molecule has 8 heteroatoms. The Morgan fingerprint density at radius 1 is 1.09 bits per heavy atom. The van der Waals surface area contributed by atoms with E-state index in [1.165, 1.54) is 16.8 Å². The van der Waals surface area contributed by atoms with Gasteiger partial charge in [-0.2, -0.15) is 0 Å². The summed E-state index contributed by atoms with van der Waals surface area (Å²) in [5, 5.41) is 13.0. The van der Waals surface area contributed by atoms with Crippen LogP contribution in [0, 0.1) is 11.3 Å². The summed E-state index contributed by atoms with van der Waals surface area (Å²) >= 11 is 0. The molecule has 0 bridgehead atoms. The number of aromatic hydroxyl groups is 1. The summed E-state index contributed by atoms with van der Waals surface area (Å²) in [5.74, 6) is 0.468. The number of carbonyl (C=O) groups is 2. The second-order valence-corrected chi connectivity index (χ2v) is 14.2. The molecular weight excluding hydrogens is 588 g/mol. The molecule has 3 aromatic rings. The fourth-order valence-corrected chi connectivity index (χ4v) is 7.60. The van der Waals surface area contributed by atoms with Crippen molar-refractivity contribution in [2.24, 2.45) is 11.3 Å². The number of aromatic nitrogens is 1. The highest BCUT2D eigenvalue weighted by Crippen LogP contribution is 2.54. The van der Waals surface area contributed by atoms with Crippen LogP contribution in [0.2, 0.25) is 0 Å². The van der Waals surface area contributed by atoms with Crippen molar-refractivity contribution in [3.05, 3.63) is 77.1 Å². The van der Waals surface area contributed by atoms with Crippen LogP contribution in [0.4, 0.5) is 5.69 Å². The first-order valence-electron chi connectivity index (χ1n) is 17.4. The maximum Gasteiger partial charge on any atom is 0.293 e. The minimum atomic E-state index is -0.259. The Hall–Kier alpha value is -3.75. The molecule has 8 nitrogen and oxygen atoms in total. The van der Waals surface area contributed by atoms with Crippen molar-refractivity contribution in [3.8, 4) is 16.9 Å². The summed E-state index contributed by atoms with van der Waals surface area (Å²) < 4.78 is 5.31. The zero-order chi connectivity index (χ0) is 33.6. The minimum absolute atomic E-state index is 0.0786. The van der Waals surface area contributed by atoms with E-state index in [0.717, 1.165) is 74.0 Å². The van der Waals surface area contributed by atoms with E-state index in [1.54, 1.807) is 6.07 Å². The molecule has 2 N–H and O–H groups in total. The van der Waals surface area contributed by atoms with Crippen LogP contribution in [-0.2, 0) is 20.7 Å². The quantitative estimate of drug-likeness (QED) is 0.169. The molecule has 2 aliphatic rings. The molecule has 1 saturated heterocycles. The number of carbonyl (C=O) groups excluding carboxylic acids is 2. The summed E-state index contributed by atoms with van der Waals surface area (Å²) in [4.78, 5) is 30.7. The molecule has 4 unspecified atom stereocenters. The van der Waals surface area contributed by atoms with Gasteiger partial charge in [0.15, 0.2) is 0 Å². The monoisotopic (exact) mass is 640 g/mol. The second-order valence-electron chi connectivity index (χ2n) is 14.2. The molecule has 4 atom stereocenters. The standard InChI is InChI=1S/C39H52N4O4/c1-6-27(3)37-33(11-10-14-40-37)38-35(22-39(4,5)25-47-26-45)34-21-30(12-13-36(34)43(38)7-2)31-18-28(19-32(46)20-31)17-29(24-44)23-42-16-9-8-15-41-42/h10-14,18-21,24,26-27,29,35,38,41,46H,6-9,15-17,22-23,25H2,1-5H3. The average Bonchev–Trinajstić information content (AvgIpc) is 3.38. The third-order valence-electron chi connectivity index (χ3n) is 10.0. The molecule has 1 aromatic heterocycles. The van der Waals surface area contributed by atoms with Crippen molar-refractivity contribution in [1.82, 2.24) is 15.4 Å². The van der Waals surface area contributed by atoms with Gasteiger partial charge in [0.1, 0.15) is 12.0 Å². The van der Waals surface area contributed by atoms with E-state index in [1.807, 2.05) is 18.3 Å². The van der Waals surface area contributed by atoms with Gasteiger partial charge < -0.3 is 19.5 Å². The van der Waals surface area contributed by atoms with Gasteiger partial charge in [-0.25, -0.2) is 5.01 Å². The van der Waals surface area contributed by atoms with E-state index in [0.29, 0.717) is 32.0 Å². The topological polar surface area (TPSA) is 95.0 Å². The third-order valence-corrected chi connectivity index (χ3v) is 10.0. The Morgan fingerprint density at radius 3 is 2.62 bits per heavy atom. The lowest BCUT2D eigenvalue weighted by molar-refractivity contribution is -0.131. The Morgan fingerprint density at radius 2 is 1.91 bits per heavy atom. The van der Waals surface area contributed by atoms with Crippen LogP contribution in [0.15, 0.2) is 54.7 Å². The largest absolute Gasteiger partial charge is 0.508 e. The van der Waals surface area contributed by atoms with Gasteiger partial charge in [0.25, 0.3) is 6.47 Å². The first kappa shape index (κ1) is 34.6. The summed E-state index contributed by atoms with van der Waals surface area (Å²) in [5.41, 5.74) is 10.9. The van der Waals surface area contributed by atoms with Gasteiger partial charge >= 0.3 is 0 Å². The summed E-state index contributed by atoms with van der Waals surface area (Å²) in [7, 11) is 0. The van der Waals surface area contributed by atoms with Crippen LogP contribution in [0.1, 0.15) is 101 Å². The number of hydrogen-bond donors (Lipinski definition) is 2. The number of phenolic OH excluding ortho intramolecular Hbond substituents is 1. The fraction of sp³-hybridized carbons (Fsp3) is 0.513. The van der Waals surface area contributed by atoms with Crippen LogP contribution < -0.4 is 10.3 Å². The number of ether oxygens (including phenoxy) is 1. The molecule has 1 fully saturated rings. The van der Waals surface area contributed by atoms with Crippen molar-refractivity contribution in [2.45, 2.75) is 84.6 Å². The van der Waals surface area contributed by atoms with Crippen molar-refractivity contribution in [3.63, 3.8) is 0 Å². The third kappa shape index (κ3) is 8.04. The SMILES string of the molecule is CCC(C)c1ncccc1C1C(CC(C)(C)COC=O)c2cc(-c3cc(O)cc(CC(C=O)CN4CCCCN4)c3)ccc2N1CC. The highest BCUT2D eigenvalue weighted by molar-refractivity contribution is 5.74. The Kier molecular flexibility index (Phi) is 11.4. The molecule has 3 heterocycles.